The van der Waals surface area contributed by atoms with Gasteiger partial charge in [-0.05, 0) is 50.8 Å². The highest BCUT2D eigenvalue weighted by molar-refractivity contribution is 5.05. The molecule has 6 saturated heterocycles. The highest BCUT2D eigenvalue weighted by Gasteiger charge is 2.33. The van der Waals surface area contributed by atoms with Crippen LogP contribution >= 0.6 is 0 Å². The van der Waals surface area contributed by atoms with Crippen molar-refractivity contribution in [3.8, 4) is 0 Å². The first kappa shape index (κ1) is 28.2. The van der Waals surface area contributed by atoms with Gasteiger partial charge in [-0.1, -0.05) is 11.6 Å². The molecule has 6 fully saturated rings. The predicted octanol–water partition coefficient (Wildman–Crippen LogP) is 2.23. The summed E-state index contributed by atoms with van der Waals surface area (Å²) in [5.74, 6) is 0. The molecule has 0 aliphatic carbocycles. The fourth-order valence-corrected chi connectivity index (χ4v) is 4.27. The van der Waals surface area contributed by atoms with E-state index in [1.54, 1.807) is 12.4 Å². The van der Waals surface area contributed by atoms with E-state index in [2.05, 4.69) is 33.9 Å². The van der Waals surface area contributed by atoms with Crippen molar-refractivity contribution in [2.75, 3.05) is 65.7 Å². The molecule has 4 bridgehead atoms. The van der Waals surface area contributed by atoms with Crippen molar-refractivity contribution in [2.45, 2.75) is 63.9 Å². The Kier molecular flexibility index (Phi) is 13.8. The van der Waals surface area contributed by atoms with Crippen LogP contribution in [0.1, 0.15) is 38.2 Å². The molecule has 8 rings (SSSR count). The topological polar surface area (TPSA) is 85.9 Å². The molecule has 7 aliphatic heterocycles. The molecule has 0 spiro atoms. The maximum Gasteiger partial charge on any atom is 0.0729 e. The lowest BCUT2D eigenvalue weighted by atomic mass is 10.0. The summed E-state index contributed by atoms with van der Waals surface area (Å²) in [5.41, 5.74) is 2.72. The van der Waals surface area contributed by atoms with E-state index in [9.17, 15) is 0 Å². The number of ether oxygens (including phenoxy) is 4. The van der Waals surface area contributed by atoms with Gasteiger partial charge in [-0.3, -0.25) is 4.98 Å². The van der Waals surface area contributed by atoms with Crippen molar-refractivity contribution in [2.24, 2.45) is 0 Å². The molecule has 0 radical (unpaired) electrons. The number of pyridine rings is 1. The van der Waals surface area contributed by atoms with Gasteiger partial charge in [0.2, 0.25) is 0 Å². The predicted molar refractivity (Wildman–Crippen MR) is 139 cm³/mol. The first-order valence-corrected chi connectivity index (χ1v) is 13.3. The van der Waals surface area contributed by atoms with Gasteiger partial charge >= 0.3 is 0 Å². The Labute approximate surface area is 211 Å². The lowest BCUT2D eigenvalue weighted by Crippen LogP contribution is -2.55. The quantitative estimate of drug-likeness (QED) is 0.478. The molecule has 4 unspecified atom stereocenters. The normalized spacial score (nSPS) is 30.1. The van der Waals surface area contributed by atoms with E-state index in [-0.39, 0.29) is 0 Å². The number of aryl methyl sites for hydroxylation is 1. The molecule has 4 atom stereocenters. The van der Waals surface area contributed by atoms with E-state index >= 15 is 0 Å². The number of rotatable bonds is 0. The van der Waals surface area contributed by atoms with Gasteiger partial charge in [0.1, 0.15) is 0 Å². The summed E-state index contributed by atoms with van der Waals surface area (Å²) in [4.78, 5) is 3.85. The largest absolute Gasteiger partial charge is 0.379 e. The molecule has 1 aromatic rings. The maximum absolute atomic E-state index is 5.53. The molecule has 3 N–H and O–H groups in total. The molecule has 35 heavy (non-hydrogen) atoms. The minimum atomic E-state index is 0.550. The van der Waals surface area contributed by atoms with E-state index < -0.39 is 0 Å². The summed E-state index contributed by atoms with van der Waals surface area (Å²) in [6.45, 7) is 14.1. The Bertz CT molecular complexity index is 657. The van der Waals surface area contributed by atoms with Crippen LogP contribution in [-0.4, -0.2) is 95.1 Å². The van der Waals surface area contributed by atoms with Gasteiger partial charge in [0, 0.05) is 58.1 Å². The van der Waals surface area contributed by atoms with Crippen molar-refractivity contribution in [1.29, 1.82) is 0 Å². The summed E-state index contributed by atoms with van der Waals surface area (Å²) in [6, 6.07) is 3.94. The molecular formula is C27H46N4O4. The third kappa shape index (κ3) is 12.4. The minimum absolute atomic E-state index is 0.550. The van der Waals surface area contributed by atoms with E-state index in [1.165, 1.54) is 30.4 Å². The average Bonchev–Trinajstić information content (AvgIpc) is 3.24. The van der Waals surface area contributed by atoms with Crippen LogP contribution in [0.2, 0.25) is 0 Å². The zero-order valence-corrected chi connectivity index (χ0v) is 21.7. The average molecular weight is 491 g/mol. The molecular weight excluding hydrogens is 444 g/mol. The molecule has 1 aromatic heterocycles. The first-order chi connectivity index (χ1) is 17.2. The van der Waals surface area contributed by atoms with E-state index in [0.717, 1.165) is 72.1 Å². The summed E-state index contributed by atoms with van der Waals surface area (Å²) in [7, 11) is 0. The molecule has 198 valence electrons. The van der Waals surface area contributed by atoms with Crippen molar-refractivity contribution in [3.05, 3.63) is 41.7 Å². The van der Waals surface area contributed by atoms with Gasteiger partial charge in [0.05, 0.1) is 50.8 Å². The number of hydrogen-bond acceptors (Lipinski definition) is 8. The van der Waals surface area contributed by atoms with Crippen molar-refractivity contribution in [3.63, 3.8) is 0 Å². The van der Waals surface area contributed by atoms with E-state index in [0.29, 0.717) is 24.4 Å². The second-order valence-corrected chi connectivity index (χ2v) is 9.65. The van der Waals surface area contributed by atoms with Gasteiger partial charge in [0.15, 0.2) is 0 Å². The summed E-state index contributed by atoms with van der Waals surface area (Å²) >= 11 is 0. The van der Waals surface area contributed by atoms with Gasteiger partial charge in [-0.15, -0.1) is 0 Å². The number of hydrogen-bond donors (Lipinski definition) is 3. The van der Waals surface area contributed by atoms with Crippen molar-refractivity contribution >= 4 is 0 Å². The first-order valence-electron chi connectivity index (χ1n) is 13.3. The summed E-state index contributed by atoms with van der Waals surface area (Å²) in [5, 5.41) is 9.74. The highest BCUT2D eigenvalue weighted by Crippen LogP contribution is 2.22. The number of morpholine rings is 3. The van der Waals surface area contributed by atoms with Crippen LogP contribution < -0.4 is 16.0 Å². The van der Waals surface area contributed by atoms with Crippen molar-refractivity contribution < 1.29 is 18.9 Å². The molecule has 8 heterocycles. The lowest BCUT2D eigenvalue weighted by molar-refractivity contribution is -0.143. The third-order valence-corrected chi connectivity index (χ3v) is 6.48. The molecule has 0 aromatic carbocycles. The zero-order chi connectivity index (χ0) is 24.6. The number of aromatic nitrogens is 1. The van der Waals surface area contributed by atoms with Crippen LogP contribution in [0, 0.1) is 6.92 Å². The van der Waals surface area contributed by atoms with E-state index in [4.69, 9.17) is 18.9 Å². The SMILES string of the molecule is C1CC2CNCC1O2.C1COCCN1.C1NCC2CC1O2.CC1=CCOCC1.Cc1ccncc1. The van der Waals surface area contributed by atoms with Crippen LogP contribution in [0.4, 0.5) is 0 Å². The van der Waals surface area contributed by atoms with Gasteiger partial charge in [-0.25, -0.2) is 0 Å². The Balaban J connectivity index is 0.000000123. The molecule has 0 saturated carbocycles. The summed E-state index contributed by atoms with van der Waals surface area (Å²) < 4.78 is 20.9. The molecule has 8 nitrogen and oxygen atoms in total. The van der Waals surface area contributed by atoms with Gasteiger partial charge in [-0.2, -0.15) is 0 Å². The van der Waals surface area contributed by atoms with Crippen LogP contribution in [-0.2, 0) is 18.9 Å². The highest BCUT2D eigenvalue weighted by atomic mass is 16.5. The number of nitrogens with one attached hydrogen (secondary N) is 3. The molecule has 7 aliphatic rings. The molecule has 0 amide bonds. The fraction of sp³-hybridized carbons (Fsp3) is 0.741. The maximum atomic E-state index is 5.53. The summed E-state index contributed by atoms with van der Waals surface area (Å²) in [6.07, 6.45) is 12.9. The van der Waals surface area contributed by atoms with Crippen LogP contribution in [0.25, 0.3) is 0 Å². The monoisotopic (exact) mass is 490 g/mol. The minimum Gasteiger partial charge on any atom is -0.379 e. The van der Waals surface area contributed by atoms with Crippen LogP contribution in [0.5, 0.6) is 0 Å². The Morgan fingerprint density at radius 2 is 1.31 bits per heavy atom. The van der Waals surface area contributed by atoms with Crippen LogP contribution in [0.15, 0.2) is 36.2 Å². The lowest BCUT2D eigenvalue weighted by Gasteiger charge is -2.41. The smallest absolute Gasteiger partial charge is 0.0729 e. The number of nitrogens with zero attached hydrogens (tertiary/aromatic N) is 1. The van der Waals surface area contributed by atoms with Gasteiger partial charge in [0.25, 0.3) is 0 Å². The number of piperidine rings is 1. The standard InChI is InChI=1S/C6H11NO.C6H7N.C6H10O.C5H9NO.C4H9NO/c1-2-6-4-7-3-5(1)8-6;2*1-6-2-4-7-5-3-6;1-4-2-6-3-5(1)7-4;1-3-6-4-2-5-1/h5-7H,1-4H2;2-5H,1H3;2H,3-5H2,1H3;4-6H,1-3H2;5H,1-4H2. The third-order valence-electron chi connectivity index (χ3n) is 6.48. The van der Waals surface area contributed by atoms with Crippen LogP contribution in [0.3, 0.4) is 0 Å². The zero-order valence-electron chi connectivity index (χ0n) is 21.7. The molecule has 8 heteroatoms. The second kappa shape index (κ2) is 17.1. The Morgan fingerprint density at radius 3 is 1.60 bits per heavy atom. The number of fused-ring (bicyclic) bond motifs is 4. The van der Waals surface area contributed by atoms with Crippen molar-refractivity contribution in [1.82, 2.24) is 20.9 Å². The van der Waals surface area contributed by atoms with Gasteiger partial charge < -0.3 is 34.9 Å². The second-order valence-electron chi connectivity index (χ2n) is 9.65. The Hall–Kier alpha value is -1.39. The van der Waals surface area contributed by atoms with E-state index in [1.807, 2.05) is 19.1 Å². The fourth-order valence-electron chi connectivity index (χ4n) is 4.27. The Morgan fingerprint density at radius 1 is 0.743 bits per heavy atom.